The third kappa shape index (κ3) is 28.9. The van der Waals surface area contributed by atoms with Crippen LogP contribution in [-0.4, -0.2) is 262 Å². The number of carbonyl (C=O) groups is 16. The van der Waals surface area contributed by atoms with Crippen LogP contribution in [0.4, 0.5) is 0 Å². The highest BCUT2D eigenvalue weighted by atomic mass is 32.1. The van der Waals surface area contributed by atoms with E-state index in [1.54, 1.807) is 0 Å². The van der Waals surface area contributed by atoms with Crippen LogP contribution in [0.15, 0.2) is 48.5 Å². The van der Waals surface area contributed by atoms with E-state index in [9.17, 15) is 107 Å². The lowest BCUT2D eigenvalue weighted by Gasteiger charge is -2.30. The number of aliphatic carboxylic acids is 3. The van der Waals surface area contributed by atoms with Crippen LogP contribution in [0.2, 0.25) is 0 Å². The highest BCUT2D eigenvalue weighted by Gasteiger charge is 2.41. The number of hydrogen-bond acceptors (Lipinski definition) is 26. The SMILES string of the molecule is C[C@H](NC(=O)[C@@H]1CCCN1C(=O)[C@H](CC(=O)O)NC(=O)[C@H](CS)NC(=O)[C@H](CS)NC(=O)[C@H](Cc1ccc(O)cc1)NC(=O)[C@H](CCC(=O)O)NC(=O)[C@H](CS)NC(=O)[C@@H](N)CS)C(=O)N[C@@H](CS)C(=O)N[C@H](C(=O)NCC(=O)N[C@@H](CS)C(=O)N[C@@H](Cc1ccc(O)cc1)C(=O)O)[C@@H](C)O. The van der Waals surface area contributed by atoms with Gasteiger partial charge in [-0.3, -0.25) is 71.9 Å². The fraction of sp³-hybridized carbons (Fsp3) is 0.525. The Labute approximate surface area is 611 Å². The van der Waals surface area contributed by atoms with Crippen LogP contribution in [0.1, 0.15) is 57.1 Å². The zero-order valence-corrected chi connectivity index (χ0v) is 59.6. The predicted molar refractivity (Wildman–Crippen MR) is 378 cm³/mol. The first-order valence-electron chi connectivity index (χ1n) is 30.8. The average molecular weight is 1530 g/mol. The molecule has 13 amide bonds. The number of rotatable bonds is 42. The minimum atomic E-state index is -1.91. The number of nitrogens with one attached hydrogen (secondary N) is 12. The van der Waals surface area contributed by atoms with Gasteiger partial charge in [0.2, 0.25) is 76.8 Å². The number of hydrogen-bond donors (Lipinski definition) is 25. The van der Waals surface area contributed by atoms with Gasteiger partial charge >= 0.3 is 17.9 Å². The molecule has 2 aromatic carbocycles. The number of thiol groups is 6. The summed E-state index contributed by atoms with van der Waals surface area (Å²) in [6.07, 6.45) is -4.33. The number of carboxylic acids is 3. The van der Waals surface area contributed by atoms with Crippen LogP contribution in [0.3, 0.4) is 0 Å². The van der Waals surface area contributed by atoms with Crippen molar-refractivity contribution in [1.82, 2.24) is 68.7 Å². The Hall–Kier alpha value is -8.42. The van der Waals surface area contributed by atoms with Gasteiger partial charge in [-0.05, 0) is 68.5 Å². The number of nitrogens with zero attached hydrogens (tertiary/aromatic N) is 1. The number of likely N-dealkylation sites (tertiary alicyclic amines) is 1. The van der Waals surface area contributed by atoms with Crippen molar-refractivity contribution < 1.29 is 107 Å². The van der Waals surface area contributed by atoms with Crippen molar-refractivity contribution in [3.8, 4) is 11.5 Å². The van der Waals surface area contributed by atoms with Gasteiger partial charge in [-0.1, -0.05) is 24.3 Å². The first kappa shape index (κ1) is 86.8. The van der Waals surface area contributed by atoms with E-state index in [4.69, 9.17) is 5.73 Å². The molecular formula is C59H84N14O22S6. The van der Waals surface area contributed by atoms with E-state index >= 15 is 0 Å². The van der Waals surface area contributed by atoms with Crippen LogP contribution in [-0.2, 0) is 89.6 Å². The van der Waals surface area contributed by atoms with Gasteiger partial charge in [-0.25, -0.2) is 4.79 Å². The molecule has 2 aromatic rings. The van der Waals surface area contributed by atoms with E-state index < -0.39 is 222 Å². The lowest BCUT2D eigenvalue weighted by molar-refractivity contribution is -0.146. The zero-order chi connectivity index (χ0) is 76.0. The first-order valence-corrected chi connectivity index (χ1v) is 34.6. The standard InChI is InChI=1S/C59H84N14O22S6/c1-26(47(82)68-41(25-101)55(90)72-46(27(2)74)57(92)61-19-43(77)63-37(21-97)51(86)67-36(59(94)95)17-29-7-11-31(76)12-8-29)62-56(91)42-4-3-15-73(42)58(93)35(18-45(80)81)66-53(88)39(23-99)71-54(89)40(24-100)70-50(85)34(16-28-5-9-30(75)10-6-28)65-49(84)33(13-14-44(78)79)64-52(87)38(22-98)69-48(83)32(60)20-96/h5-12,26-27,32-42,46,74-76,96-101H,3-4,13-25,60H2,1-2H3,(H,61,92)(H,62,91)(H,63,77)(H,64,87)(H,65,84)(H,66,88)(H,67,86)(H,68,82)(H,69,83)(H,70,85)(H,71,89)(H,72,90)(H,78,79)(H,80,81)(H,94,95)/t26-,27+,32-,33-,34-,35-,36-,37-,38-,39-,40-,41-,42-,46-/m0/s1. The topological polar surface area (TPSA) is 568 Å². The summed E-state index contributed by atoms with van der Waals surface area (Å²) >= 11 is 24.5. The van der Waals surface area contributed by atoms with E-state index in [-0.39, 0.29) is 61.0 Å². The van der Waals surface area contributed by atoms with Crippen LogP contribution >= 0.6 is 75.8 Å². The third-order valence-electron chi connectivity index (χ3n) is 15.0. The summed E-state index contributed by atoms with van der Waals surface area (Å²) in [5, 5.41) is 86.8. The average Bonchev–Trinajstić information content (AvgIpc) is 1.74. The molecule has 0 radical (unpaired) electrons. The van der Waals surface area contributed by atoms with Gasteiger partial charge < -0.3 is 105 Å². The minimum Gasteiger partial charge on any atom is -0.508 e. The Kier molecular flexibility index (Phi) is 37.3. The summed E-state index contributed by atoms with van der Waals surface area (Å²) in [5.41, 5.74) is 6.48. The number of carboxylic acid groups (broad SMARTS) is 3. The molecule has 101 heavy (non-hydrogen) atoms. The predicted octanol–water partition coefficient (Wildman–Crippen LogP) is -6.95. The van der Waals surface area contributed by atoms with E-state index in [0.717, 1.165) is 11.8 Å². The normalized spacial score (nSPS) is 16.4. The molecule has 20 N–H and O–H groups in total. The first-order chi connectivity index (χ1) is 47.6. The molecular weight excluding hydrogens is 1450 g/mol. The molecule has 0 unspecified atom stereocenters. The second-order valence-corrected chi connectivity index (χ2v) is 25.0. The van der Waals surface area contributed by atoms with Crippen molar-refractivity contribution in [2.45, 2.75) is 143 Å². The van der Waals surface area contributed by atoms with Crippen molar-refractivity contribution in [3.05, 3.63) is 59.7 Å². The summed E-state index contributed by atoms with van der Waals surface area (Å²) in [7, 11) is 0. The number of aliphatic hydroxyl groups is 1. The molecule has 0 bridgehead atoms. The highest BCUT2D eigenvalue weighted by Crippen LogP contribution is 2.21. The number of nitrogens with two attached hydrogens (primary N) is 1. The van der Waals surface area contributed by atoms with Crippen molar-refractivity contribution in [1.29, 1.82) is 0 Å². The van der Waals surface area contributed by atoms with Gasteiger partial charge in [0.1, 0.15) is 84.0 Å². The lowest BCUT2D eigenvalue weighted by atomic mass is 10.0. The molecule has 1 aliphatic rings. The number of phenols is 2. The number of phenolic OH excluding ortho intramolecular Hbond substituents is 2. The monoisotopic (exact) mass is 1530 g/mol. The fourth-order valence-corrected chi connectivity index (χ4v) is 10.8. The van der Waals surface area contributed by atoms with Crippen molar-refractivity contribution in [2.24, 2.45) is 5.73 Å². The lowest BCUT2D eigenvalue weighted by Crippen LogP contribution is -2.61. The van der Waals surface area contributed by atoms with E-state index in [2.05, 4.69) is 140 Å². The molecule has 0 aromatic heterocycles. The second-order valence-electron chi connectivity index (χ2n) is 22.8. The number of carbonyl (C=O) groups excluding carboxylic acids is 13. The largest absolute Gasteiger partial charge is 0.508 e. The number of aliphatic hydroxyl groups excluding tert-OH is 1. The van der Waals surface area contributed by atoms with Crippen molar-refractivity contribution >= 4 is 170 Å². The summed E-state index contributed by atoms with van der Waals surface area (Å²) in [6.45, 7) is 1.31. The highest BCUT2D eigenvalue weighted by molar-refractivity contribution is 7.81. The van der Waals surface area contributed by atoms with E-state index in [1.807, 2.05) is 0 Å². The Bertz CT molecular complexity index is 3290. The number of amides is 13. The van der Waals surface area contributed by atoms with Crippen LogP contribution in [0.25, 0.3) is 0 Å². The summed E-state index contributed by atoms with van der Waals surface area (Å²) in [4.78, 5) is 212. The minimum absolute atomic E-state index is 0.0362. The molecule has 42 heteroatoms. The third-order valence-corrected chi connectivity index (χ3v) is 17.2. The molecule has 36 nitrogen and oxygen atoms in total. The maximum absolute atomic E-state index is 14.2. The molecule has 0 spiro atoms. The fourth-order valence-electron chi connectivity index (χ4n) is 9.38. The second kappa shape index (κ2) is 43.4. The van der Waals surface area contributed by atoms with Gasteiger partial charge in [-0.2, -0.15) is 75.8 Å². The summed E-state index contributed by atoms with van der Waals surface area (Å²) < 4.78 is 0. The van der Waals surface area contributed by atoms with E-state index in [1.165, 1.54) is 55.5 Å². The number of benzene rings is 2. The maximum Gasteiger partial charge on any atom is 0.326 e. The molecule has 1 saturated heterocycles. The van der Waals surface area contributed by atoms with E-state index in [0.29, 0.717) is 11.1 Å². The van der Waals surface area contributed by atoms with Crippen LogP contribution in [0, 0.1) is 0 Å². The molecule has 1 aliphatic heterocycles. The molecule has 558 valence electrons. The number of aromatic hydroxyl groups is 2. The van der Waals surface area contributed by atoms with Crippen molar-refractivity contribution in [3.63, 3.8) is 0 Å². The Morgan fingerprint density at radius 2 is 0.871 bits per heavy atom. The maximum atomic E-state index is 14.2. The summed E-state index contributed by atoms with van der Waals surface area (Å²) in [5.74, 6) is -20.2. The van der Waals surface area contributed by atoms with Crippen LogP contribution < -0.4 is 69.5 Å². The molecule has 1 heterocycles. The zero-order valence-electron chi connectivity index (χ0n) is 54.2. The quantitative estimate of drug-likeness (QED) is 0.0275. The smallest absolute Gasteiger partial charge is 0.326 e. The molecule has 0 saturated carbocycles. The Morgan fingerprint density at radius 3 is 1.32 bits per heavy atom. The van der Waals surface area contributed by atoms with Crippen LogP contribution in [0.5, 0.6) is 11.5 Å². The van der Waals surface area contributed by atoms with Crippen molar-refractivity contribution in [2.75, 3.05) is 47.6 Å². The van der Waals surface area contributed by atoms with Gasteiger partial charge in [0.05, 0.1) is 25.1 Å². The summed E-state index contributed by atoms with van der Waals surface area (Å²) in [6, 6.07) is -9.24. The Morgan fingerprint density at radius 1 is 0.475 bits per heavy atom. The molecule has 0 aliphatic carbocycles. The van der Waals surface area contributed by atoms with Gasteiger partial charge in [0.25, 0.3) is 0 Å². The van der Waals surface area contributed by atoms with Gasteiger partial charge in [0.15, 0.2) is 0 Å². The van der Waals surface area contributed by atoms with Gasteiger partial charge in [-0.15, -0.1) is 0 Å². The Balaban J connectivity index is 1.68. The molecule has 3 rings (SSSR count). The molecule has 1 fully saturated rings. The van der Waals surface area contributed by atoms with Gasteiger partial charge in [0, 0.05) is 60.3 Å². The molecule has 14 atom stereocenters.